The summed E-state index contributed by atoms with van der Waals surface area (Å²) in [7, 11) is 1.65. The van der Waals surface area contributed by atoms with Crippen molar-refractivity contribution in [3.63, 3.8) is 0 Å². The van der Waals surface area contributed by atoms with Crippen LogP contribution in [-0.4, -0.2) is 38.6 Å². The van der Waals surface area contributed by atoms with Crippen molar-refractivity contribution in [1.82, 2.24) is 14.2 Å². The first-order valence-electron chi connectivity index (χ1n) is 12.8. The molecule has 5 aromatic rings. The first-order chi connectivity index (χ1) is 18.7. The normalized spacial score (nSPS) is 11.7. The number of ether oxygens (including phenoxy) is 1. The monoisotopic (exact) mass is 522 g/mol. The third kappa shape index (κ3) is 4.58. The lowest BCUT2D eigenvalue weighted by atomic mass is 9.96. The Morgan fingerprint density at radius 1 is 1.08 bits per heavy atom. The van der Waals surface area contributed by atoms with E-state index in [1.807, 2.05) is 62.4 Å². The Balaban J connectivity index is 1.78. The first-order valence-corrected chi connectivity index (χ1v) is 12.8. The highest BCUT2D eigenvalue weighted by molar-refractivity contribution is 6.01. The van der Waals surface area contributed by atoms with E-state index in [4.69, 9.17) is 9.72 Å². The van der Waals surface area contributed by atoms with E-state index in [0.717, 1.165) is 44.6 Å². The topological polar surface area (TPSA) is 98.7 Å². The van der Waals surface area contributed by atoms with Gasteiger partial charge in [-0.2, -0.15) is 9.78 Å². The summed E-state index contributed by atoms with van der Waals surface area (Å²) in [5.74, 6) is 0.456. The van der Waals surface area contributed by atoms with Gasteiger partial charge < -0.3 is 14.4 Å². The number of aryl methyl sites for hydroxylation is 1. The summed E-state index contributed by atoms with van der Waals surface area (Å²) >= 11 is 0. The van der Waals surface area contributed by atoms with Crippen LogP contribution in [0.15, 0.2) is 70.6 Å². The zero-order valence-corrected chi connectivity index (χ0v) is 22.6. The van der Waals surface area contributed by atoms with Crippen LogP contribution in [-0.2, 0) is 11.3 Å². The number of fused-ring (bicyclic) bond motifs is 2. The number of carboxylic acids is 1. The SMILES string of the molecule is COc1cc(C)c(-c2nc3ccccc3c(=O)n2N=Cc2c(C)n(CC(=O)O)c3ccccc23)cc1C(C)C. The molecule has 0 saturated carbocycles. The molecule has 0 bridgehead atoms. The quantitative estimate of drug-likeness (QED) is 0.275. The minimum absolute atomic E-state index is 0.175. The predicted octanol–water partition coefficient (Wildman–Crippen LogP) is 5.73. The minimum atomic E-state index is -0.935. The third-order valence-electron chi connectivity index (χ3n) is 7.07. The average Bonchev–Trinajstić information content (AvgIpc) is 3.17. The molecule has 8 nitrogen and oxygen atoms in total. The van der Waals surface area contributed by atoms with Crippen molar-refractivity contribution < 1.29 is 14.6 Å². The molecule has 5 rings (SSSR count). The van der Waals surface area contributed by atoms with Gasteiger partial charge in [-0.25, -0.2) is 4.98 Å². The molecule has 0 saturated heterocycles. The fourth-order valence-corrected chi connectivity index (χ4v) is 5.05. The van der Waals surface area contributed by atoms with Gasteiger partial charge in [0.2, 0.25) is 0 Å². The second kappa shape index (κ2) is 10.2. The number of methoxy groups -OCH3 is 1. The number of aromatic nitrogens is 3. The van der Waals surface area contributed by atoms with Gasteiger partial charge in [-0.15, -0.1) is 0 Å². The van der Waals surface area contributed by atoms with E-state index < -0.39 is 5.97 Å². The summed E-state index contributed by atoms with van der Waals surface area (Å²) in [5.41, 5.74) is 5.25. The van der Waals surface area contributed by atoms with Crippen molar-refractivity contribution in [2.75, 3.05) is 7.11 Å². The van der Waals surface area contributed by atoms with E-state index in [-0.39, 0.29) is 18.0 Å². The molecule has 2 heterocycles. The van der Waals surface area contributed by atoms with Crippen molar-refractivity contribution in [1.29, 1.82) is 0 Å². The van der Waals surface area contributed by atoms with Gasteiger partial charge in [0.1, 0.15) is 12.3 Å². The van der Waals surface area contributed by atoms with E-state index >= 15 is 0 Å². The van der Waals surface area contributed by atoms with Crippen molar-refractivity contribution >= 4 is 34.0 Å². The van der Waals surface area contributed by atoms with Gasteiger partial charge >= 0.3 is 5.97 Å². The Hall–Kier alpha value is -4.72. The summed E-state index contributed by atoms with van der Waals surface area (Å²) in [6.07, 6.45) is 1.62. The number of nitrogens with zero attached hydrogens (tertiary/aromatic N) is 4. The van der Waals surface area contributed by atoms with E-state index in [1.54, 1.807) is 30.0 Å². The molecule has 0 amide bonds. The first kappa shape index (κ1) is 25.9. The molecule has 0 unspecified atom stereocenters. The number of carboxylic acid groups (broad SMARTS) is 1. The summed E-state index contributed by atoms with van der Waals surface area (Å²) in [6, 6.07) is 18.8. The van der Waals surface area contributed by atoms with Crippen LogP contribution in [0.3, 0.4) is 0 Å². The zero-order chi connectivity index (χ0) is 27.8. The highest BCUT2D eigenvalue weighted by Gasteiger charge is 2.19. The molecule has 0 spiro atoms. The maximum absolute atomic E-state index is 13.8. The van der Waals surface area contributed by atoms with E-state index in [0.29, 0.717) is 16.7 Å². The second-order valence-electron chi connectivity index (χ2n) is 9.87. The number of carbonyl (C=O) groups is 1. The number of benzene rings is 3. The molecule has 8 heteroatoms. The van der Waals surface area contributed by atoms with Crippen molar-refractivity contribution in [3.05, 3.63) is 93.4 Å². The van der Waals surface area contributed by atoms with Crippen LogP contribution in [0.5, 0.6) is 5.75 Å². The number of hydrogen-bond donors (Lipinski definition) is 1. The predicted molar refractivity (Wildman–Crippen MR) is 154 cm³/mol. The summed E-state index contributed by atoms with van der Waals surface area (Å²) in [6.45, 7) is 7.82. The van der Waals surface area contributed by atoms with Crippen LogP contribution in [0.25, 0.3) is 33.2 Å². The van der Waals surface area contributed by atoms with Gasteiger partial charge in [0, 0.05) is 27.7 Å². The van der Waals surface area contributed by atoms with E-state index in [1.165, 1.54) is 4.68 Å². The number of hydrogen-bond acceptors (Lipinski definition) is 5. The maximum Gasteiger partial charge on any atom is 0.323 e. The number of aliphatic carboxylic acids is 1. The molecule has 198 valence electrons. The Labute approximate surface area is 225 Å². The van der Waals surface area contributed by atoms with Gasteiger partial charge in [-0.05, 0) is 61.2 Å². The Kier molecular flexibility index (Phi) is 6.78. The van der Waals surface area contributed by atoms with Gasteiger partial charge in [0.25, 0.3) is 5.56 Å². The fraction of sp³-hybridized carbons (Fsp3) is 0.226. The molecule has 1 N–H and O–H groups in total. The molecule has 39 heavy (non-hydrogen) atoms. The van der Waals surface area contributed by atoms with Crippen molar-refractivity contribution in [2.45, 2.75) is 40.2 Å². The van der Waals surface area contributed by atoms with Crippen LogP contribution in [0, 0.1) is 13.8 Å². The molecule has 0 atom stereocenters. The maximum atomic E-state index is 13.8. The lowest BCUT2D eigenvalue weighted by molar-refractivity contribution is -0.137. The molecule has 0 fully saturated rings. The second-order valence-corrected chi connectivity index (χ2v) is 9.87. The molecular weight excluding hydrogens is 492 g/mol. The minimum Gasteiger partial charge on any atom is -0.496 e. The third-order valence-corrected chi connectivity index (χ3v) is 7.07. The molecule has 0 aliphatic carbocycles. The zero-order valence-electron chi connectivity index (χ0n) is 22.6. The average molecular weight is 523 g/mol. The van der Waals surface area contributed by atoms with Gasteiger partial charge in [0.05, 0.1) is 24.2 Å². The molecule has 0 aliphatic rings. The molecule has 3 aromatic carbocycles. The van der Waals surface area contributed by atoms with Crippen molar-refractivity contribution in [2.24, 2.45) is 5.10 Å². The van der Waals surface area contributed by atoms with Crippen LogP contribution in [0.4, 0.5) is 0 Å². The Morgan fingerprint density at radius 3 is 2.46 bits per heavy atom. The molecule has 0 aliphatic heterocycles. The largest absolute Gasteiger partial charge is 0.496 e. The smallest absolute Gasteiger partial charge is 0.323 e. The highest BCUT2D eigenvalue weighted by Crippen LogP contribution is 2.34. The van der Waals surface area contributed by atoms with E-state index in [9.17, 15) is 14.7 Å². The number of para-hydroxylation sites is 2. The summed E-state index contributed by atoms with van der Waals surface area (Å²) in [5, 5.41) is 15.5. The standard InChI is InChI=1S/C31H30N4O4/c1-18(2)23-15-24(19(3)14-28(23)39-5)30-33-26-12-8-6-11-22(26)31(38)35(30)32-16-25-20(4)34(17-29(36)37)27-13-9-7-10-21(25)27/h6-16,18H,17H2,1-5H3,(H,36,37). The Morgan fingerprint density at radius 2 is 1.77 bits per heavy atom. The lowest BCUT2D eigenvalue weighted by Gasteiger charge is -2.17. The van der Waals surface area contributed by atoms with E-state index in [2.05, 4.69) is 18.9 Å². The summed E-state index contributed by atoms with van der Waals surface area (Å²) in [4.78, 5) is 30.2. The van der Waals surface area contributed by atoms with Crippen LogP contribution >= 0.6 is 0 Å². The summed E-state index contributed by atoms with van der Waals surface area (Å²) < 4.78 is 8.71. The molecule has 0 radical (unpaired) electrons. The highest BCUT2D eigenvalue weighted by atomic mass is 16.5. The van der Waals surface area contributed by atoms with Gasteiger partial charge in [-0.1, -0.05) is 44.2 Å². The molecular formula is C31H30N4O4. The number of rotatable bonds is 7. The van der Waals surface area contributed by atoms with Gasteiger partial charge in [0.15, 0.2) is 5.82 Å². The molecule has 2 aromatic heterocycles. The van der Waals surface area contributed by atoms with Crippen molar-refractivity contribution in [3.8, 4) is 17.1 Å². The van der Waals surface area contributed by atoms with Crippen LogP contribution in [0.1, 0.15) is 42.1 Å². The van der Waals surface area contributed by atoms with Crippen LogP contribution < -0.4 is 10.3 Å². The Bertz CT molecular complexity index is 1830. The fourth-order valence-electron chi connectivity index (χ4n) is 5.05. The lowest BCUT2D eigenvalue weighted by Crippen LogP contribution is -2.21. The van der Waals surface area contributed by atoms with Gasteiger partial charge in [-0.3, -0.25) is 9.59 Å². The van der Waals surface area contributed by atoms with Crippen LogP contribution in [0.2, 0.25) is 0 Å².